The first-order chi connectivity index (χ1) is 6.53. The molecule has 0 N–H and O–H groups in total. The van der Waals surface area contributed by atoms with Gasteiger partial charge in [0.25, 0.3) is 0 Å². The van der Waals surface area contributed by atoms with Crippen molar-refractivity contribution in [2.75, 3.05) is 13.7 Å². The summed E-state index contributed by atoms with van der Waals surface area (Å²) in [6, 6.07) is 0. The smallest absolute Gasteiger partial charge is 0.0513 e. The topological polar surface area (TPSA) is 9.23 Å². The molecule has 0 atom stereocenters. The summed E-state index contributed by atoms with van der Waals surface area (Å²) >= 11 is 0. The Morgan fingerprint density at radius 1 is 1.14 bits per heavy atom. The van der Waals surface area contributed by atoms with Crippen LogP contribution in [-0.2, 0) is 4.74 Å². The van der Waals surface area contributed by atoms with Crippen LogP contribution >= 0.6 is 0 Å². The van der Waals surface area contributed by atoms with Crippen molar-refractivity contribution < 1.29 is 4.74 Å². The van der Waals surface area contributed by atoms with Gasteiger partial charge in [0.1, 0.15) is 0 Å². The van der Waals surface area contributed by atoms with Gasteiger partial charge in [0.15, 0.2) is 0 Å². The monoisotopic (exact) mass is 198 g/mol. The van der Waals surface area contributed by atoms with E-state index < -0.39 is 0 Å². The van der Waals surface area contributed by atoms with Gasteiger partial charge in [-0.15, -0.1) is 0 Å². The van der Waals surface area contributed by atoms with Crippen LogP contribution in [0, 0.1) is 17.3 Å². The second-order valence-corrected chi connectivity index (χ2v) is 5.93. The van der Waals surface area contributed by atoms with Gasteiger partial charge in [-0.1, -0.05) is 46.5 Å². The Hall–Kier alpha value is -0.0400. The average molecular weight is 198 g/mol. The highest BCUT2D eigenvalue weighted by atomic mass is 16.5. The first kappa shape index (κ1) is 12.0. The van der Waals surface area contributed by atoms with Crippen molar-refractivity contribution in [3.63, 3.8) is 0 Å². The molecule has 0 spiro atoms. The highest BCUT2D eigenvalue weighted by Crippen LogP contribution is 2.36. The van der Waals surface area contributed by atoms with E-state index in [1.807, 2.05) is 7.11 Å². The van der Waals surface area contributed by atoms with Gasteiger partial charge in [-0.25, -0.2) is 0 Å². The molecule has 0 aromatic rings. The van der Waals surface area contributed by atoms with E-state index in [1.54, 1.807) is 0 Å². The van der Waals surface area contributed by atoms with Crippen LogP contribution in [0.15, 0.2) is 0 Å². The minimum Gasteiger partial charge on any atom is -0.384 e. The van der Waals surface area contributed by atoms with Gasteiger partial charge in [-0.3, -0.25) is 0 Å². The lowest BCUT2D eigenvalue weighted by atomic mass is 9.74. The van der Waals surface area contributed by atoms with E-state index in [-0.39, 0.29) is 0 Å². The predicted molar refractivity (Wildman–Crippen MR) is 61.4 cm³/mol. The molecule has 0 radical (unpaired) electrons. The van der Waals surface area contributed by atoms with E-state index in [1.165, 1.54) is 32.1 Å². The first-order valence-corrected chi connectivity index (χ1v) is 6.02. The fraction of sp³-hybridized carbons (Fsp3) is 1.00. The van der Waals surface area contributed by atoms with Crippen LogP contribution in [0.25, 0.3) is 0 Å². The lowest BCUT2D eigenvalue weighted by molar-refractivity contribution is 0.0762. The molecule has 1 rings (SSSR count). The molecule has 0 amide bonds. The Balaban J connectivity index is 2.29. The maximum absolute atomic E-state index is 5.27. The number of ether oxygens (including phenoxy) is 1. The summed E-state index contributed by atoms with van der Waals surface area (Å²) in [5.74, 6) is 1.92. The Bertz CT molecular complexity index is 155. The lowest BCUT2D eigenvalue weighted by Crippen LogP contribution is -2.24. The van der Waals surface area contributed by atoms with Gasteiger partial charge in [0.2, 0.25) is 0 Å². The Morgan fingerprint density at radius 2 is 1.71 bits per heavy atom. The molecule has 84 valence electrons. The number of rotatable bonds is 4. The molecule has 0 aliphatic heterocycles. The van der Waals surface area contributed by atoms with Crippen molar-refractivity contribution in [2.45, 2.75) is 52.9 Å². The number of hydrogen-bond acceptors (Lipinski definition) is 1. The maximum Gasteiger partial charge on any atom is 0.0513 e. The van der Waals surface area contributed by atoms with E-state index >= 15 is 0 Å². The first-order valence-electron chi connectivity index (χ1n) is 6.02. The molecule has 14 heavy (non-hydrogen) atoms. The molecule has 1 saturated carbocycles. The van der Waals surface area contributed by atoms with Crippen LogP contribution in [0.1, 0.15) is 52.9 Å². The molecule has 1 aliphatic carbocycles. The average Bonchev–Trinajstić information content (AvgIpc) is 2.08. The van der Waals surface area contributed by atoms with Crippen molar-refractivity contribution in [3.8, 4) is 0 Å². The summed E-state index contributed by atoms with van der Waals surface area (Å²) in [6.07, 6.45) is 7.09. The second-order valence-electron chi connectivity index (χ2n) is 5.93. The SMILES string of the molecule is COCC(C)(C)CC1CCC(C)CC1. The molecule has 0 aromatic heterocycles. The Labute approximate surface area is 89.2 Å². The van der Waals surface area contributed by atoms with Crippen molar-refractivity contribution in [1.82, 2.24) is 0 Å². The number of hydrogen-bond donors (Lipinski definition) is 0. The highest BCUT2D eigenvalue weighted by molar-refractivity contribution is 4.77. The molecular weight excluding hydrogens is 172 g/mol. The van der Waals surface area contributed by atoms with Gasteiger partial charge in [-0.2, -0.15) is 0 Å². The summed E-state index contributed by atoms with van der Waals surface area (Å²) in [4.78, 5) is 0. The van der Waals surface area contributed by atoms with Crippen LogP contribution in [0.2, 0.25) is 0 Å². The van der Waals surface area contributed by atoms with E-state index in [0.717, 1.165) is 18.4 Å². The van der Waals surface area contributed by atoms with Crippen LogP contribution in [0.4, 0.5) is 0 Å². The molecule has 1 nitrogen and oxygen atoms in total. The highest BCUT2D eigenvalue weighted by Gasteiger charge is 2.26. The molecule has 1 fully saturated rings. The van der Waals surface area contributed by atoms with E-state index in [4.69, 9.17) is 4.74 Å². The van der Waals surface area contributed by atoms with Crippen molar-refractivity contribution in [3.05, 3.63) is 0 Å². The summed E-state index contributed by atoms with van der Waals surface area (Å²) in [5, 5.41) is 0. The zero-order valence-corrected chi connectivity index (χ0v) is 10.3. The minimum atomic E-state index is 0.375. The summed E-state index contributed by atoms with van der Waals surface area (Å²) in [7, 11) is 1.81. The van der Waals surface area contributed by atoms with Crippen molar-refractivity contribution >= 4 is 0 Å². The van der Waals surface area contributed by atoms with Crippen molar-refractivity contribution in [1.29, 1.82) is 0 Å². The molecular formula is C13H26O. The quantitative estimate of drug-likeness (QED) is 0.666. The van der Waals surface area contributed by atoms with Gasteiger partial charge in [0, 0.05) is 7.11 Å². The second kappa shape index (κ2) is 5.16. The molecule has 1 heteroatoms. The fourth-order valence-corrected chi connectivity index (χ4v) is 2.76. The third-order valence-electron chi connectivity index (χ3n) is 3.51. The van der Waals surface area contributed by atoms with Gasteiger partial charge < -0.3 is 4.74 Å². The van der Waals surface area contributed by atoms with Crippen LogP contribution in [0.5, 0.6) is 0 Å². The zero-order valence-electron chi connectivity index (χ0n) is 10.3. The van der Waals surface area contributed by atoms with E-state index in [0.29, 0.717) is 5.41 Å². The minimum absolute atomic E-state index is 0.375. The molecule has 0 heterocycles. The third-order valence-corrected chi connectivity index (χ3v) is 3.51. The van der Waals surface area contributed by atoms with Gasteiger partial charge >= 0.3 is 0 Å². The molecule has 1 aliphatic rings. The molecule has 0 saturated heterocycles. The summed E-state index contributed by atoms with van der Waals surface area (Å²) in [5.41, 5.74) is 0.375. The molecule has 0 aromatic carbocycles. The summed E-state index contributed by atoms with van der Waals surface area (Å²) < 4.78 is 5.27. The van der Waals surface area contributed by atoms with E-state index in [9.17, 15) is 0 Å². The molecule has 0 bridgehead atoms. The van der Waals surface area contributed by atoms with Crippen LogP contribution in [-0.4, -0.2) is 13.7 Å². The van der Waals surface area contributed by atoms with Crippen LogP contribution < -0.4 is 0 Å². The van der Waals surface area contributed by atoms with Crippen molar-refractivity contribution in [2.24, 2.45) is 17.3 Å². The standard InChI is InChI=1S/C13H26O/c1-11-5-7-12(8-6-11)9-13(2,3)10-14-4/h11-12H,5-10H2,1-4H3. The third kappa shape index (κ3) is 4.00. The summed E-state index contributed by atoms with van der Waals surface area (Å²) in [6.45, 7) is 7.94. The number of methoxy groups -OCH3 is 1. The Morgan fingerprint density at radius 3 is 2.21 bits per heavy atom. The Kier molecular flexibility index (Phi) is 4.43. The molecule has 0 unspecified atom stereocenters. The predicted octanol–water partition coefficient (Wildman–Crippen LogP) is 3.88. The largest absolute Gasteiger partial charge is 0.384 e. The van der Waals surface area contributed by atoms with E-state index in [2.05, 4.69) is 20.8 Å². The zero-order chi connectivity index (χ0) is 10.6. The fourth-order valence-electron chi connectivity index (χ4n) is 2.76. The van der Waals surface area contributed by atoms with Crippen LogP contribution in [0.3, 0.4) is 0 Å². The van der Waals surface area contributed by atoms with Gasteiger partial charge in [0.05, 0.1) is 6.61 Å². The van der Waals surface area contributed by atoms with Gasteiger partial charge in [-0.05, 0) is 23.7 Å². The normalized spacial score (nSPS) is 29.1. The maximum atomic E-state index is 5.27. The lowest BCUT2D eigenvalue weighted by Gasteiger charge is -2.33.